The average molecular weight is 381 g/mol. The van der Waals surface area contributed by atoms with Crippen molar-refractivity contribution in [3.63, 3.8) is 0 Å². The highest BCUT2D eigenvalue weighted by molar-refractivity contribution is 6.32. The predicted octanol–water partition coefficient (Wildman–Crippen LogP) is 2.10. The lowest BCUT2D eigenvalue weighted by molar-refractivity contribution is -0.384. The standard InChI is InChI=1S/C14H13ClN6O5/c15-8-4-3-7(6-10(8)21(24)25)17-14(23)20-5-1-2-9(20)13-18-12(11(16)22)19-26-13/h3-4,6,9H,1-2,5H2,(H2,16,22)(H,17,23). The number of hydrogen-bond donors (Lipinski definition) is 2. The number of primary amides is 1. The number of aromatic nitrogens is 2. The molecule has 2 aromatic rings. The minimum atomic E-state index is -0.831. The minimum absolute atomic E-state index is 0.0307. The quantitative estimate of drug-likeness (QED) is 0.606. The van der Waals surface area contributed by atoms with Gasteiger partial charge in [0.2, 0.25) is 5.89 Å². The lowest BCUT2D eigenvalue weighted by atomic mass is 10.2. The molecule has 2 heterocycles. The van der Waals surface area contributed by atoms with E-state index in [4.69, 9.17) is 21.9 Å². The molecule has 1 fully saturated rings. The van der Waals surface area contributed by atoms with E-state index in [0.29, 0.717) is 19.4 Å². The second kappa shape index (κ2) is 6.96. The molecule has 0 bridgehead atoms. The summed E-state index contributed by atoms with van der Waals surface area (Å²) in [5, 5.41) is 17.0. The van der Waals surface area contributed by atoms with Gasteiger partial charge in [-0.2, -0.15) is 4.98 Å². The van der Waals surface area contributed by atoms with Gasteiger partial charge in [-0.25, -0.2) is 4.79 Å². The fourth-order valence-corrected chi connectivity index (χ4v) is 2.85. The number of nitrogens with zero attached hydrogens (tertiary/aromatic N) is 4. The van der Waals surface area contributed by atoms with Gasteiger partial charge in [-0.15, -0.1) is 0 Å². The Morgan fingerprint density at radius 2 is 2.23 bits per heavy atom. The SMILES string of the molecule is NC(=O)c1noc(C2CCCN2C(=O)Nc2ccc(Cl)c([N+](=O)[O-])c2)n1. The summed E-state index contributed by atoms with van der Waals surface area (Å²) in [7, 11) is 0. The highest BCUT2D eigenvalue weighted by Crippen LogP contribution is 2.32. The number of rotatable bonds is 4. The van der Waals surface area contributed by atoms with Crippen molar-refractivity contribution in [3.8, 4) is 0 Å². The number of anilines is 1. The normalized spacial score (nSPS) is 16.5. The zero-order valence-electron chi connectivity index (χ0n) is 13.2. The lowest BCUT2D eigenvalue weighted by Gasteiger charge is -2.22. The number of likely N-dealkylation sites (tertiary alicyclic amines) is 1. The first kappa shape index (κ1) is 17.6. The molecule has 0 radical (unpaired) electrons. The van der Waals surface area contributed by atoms with Crippen LogP contribution in [0, 0.1) is 10.1 Å². The van der Waals surface area contributed by atoms with Gasteiger partial charge in [0.1, 0.15) is 11.1 Å². The maximum absolute atomic E-state index is 12.5. The number of urea groups is 1. The summed E-state index contributed by atoms with van der Waals surface area (Å²) in [6, 6.07) is 2.94. The molecular weight excluding hydrogens is 368 g/mol. The molecular formula is C14H13ClN6O5. The van der Waals surface area contributed by atoms with E-state index in [0.717, 1.165) is 0 Å². The third-order valence-electron chi connectivity index (χ3n) is 3.85. The molecule has 1 atom stereocenters. The van der Waals surface area contributed by atoms with Crippen molar-refractivity contribution in [2.24, 2.45) is 5.73 Å². The van der Waals surface area contributed by atoms with Gasteiger partial charge in [0.05, 0.1) is 4.92 Å². The van der Waals surface area contributed by atoms with Gasteiger partial charge in [-0.3, -0.25) is 14.9 Å². The van der Waals surface area contributed by atoms with E-state index in [-0.39, 0.29) is 28.1 Å². The molecule has 1 aliphatic heterocycles. The molecule has 1 saturated heterocycles. The van der Waals surface area contributed by atoms with Gasteiger partial charge in [-0.1, -0.05) is 16.8 Å². The number of carbonyl (C=O) groups is 2. The number of halogens is 1. The van der Waals surface area contributed by atoms with Crippen LogP contribution in [0.5, 0.6) is 0 Å². The average Bonchev–Trinajstić information content (AvgIpc) is 3.25. The van der Waals surface area contributed by atoms with Crippen LogP contribution in [-0.2, 0) is 0 Å². The minimum Gasteiger partial charge on any atom is -0.363 e. The largest absolute Gasteiger partial charge is 0.363 e. The molecule has 1 unspecified atom stereocenters. The monoisotopic (exact) mass is 380 g/mol. The lowest BCUT2D eigenvalue weighted by Crippen LogP contribution is -2.34. The molecule has 3 rings (SSSR count). The Morgan fingerprint density at radius 3 is 2.88 bits per heavy atom. The Balaban J connectivity index is 1.77. The summed E-state index contributed by atoms with van der Waals surface area (Å²) in [5.41, 5.74) is 5.00. The van der Waals surface area contributed by atoms with Crippen molar-refractivity contribution in [2.45, 2.75) is 18.9 Å². The fraction of sp³-hybridized carbons (Fsp3) is 0.286. The Bertz CT molecular complexity index is 884. The fourth-order valence-electron chi connectivity index (χ4n) is 2.66. The van der Waals surface area contributed by atoms with Gasteiger partial charge >= 0.3 is 6.03 Å². The Labute approximate surface area is 151 Å². The number of hydrogen-bond acceptors (Lipinski definition) is 7. The summed E-state index contributed by atoms with van der Waals surface area (Å²) in [5.74, 6) is -0.989. The third kappa shape index (κ3) is 3.42. The highest BCUT2D eigenvalue weighted by Gasteiger charge is 2.34. The topological polar surface area (TPSA) is 157 Å². The van der Waals surface area contributed by atoms with Gasteiger partial charge < -0.3 is 20.5 Å². The van der Waals surface area contributed by atoms with Crippen molar-refractivity contribution >= 4 is 34.9 Å². The summed E-state index contributed by atoms with van der Waals surface area (Å²) in [6.45, 7) is 0.417. The molecule has 1 aromatic heterocycles. The van der Waals surface area contributed by atoms with E-state index in [1.54, 1.807) is 0 Å². The first-order chi connectivity index (χ1) is 12.4. The van der Waals surface area contributed by atoms with E-state index >= 15 is 0 Å². The summed E-state index contributed by atoms with van der Waals surface area (Å²) < 4.78 is 5.02. The van der Waals surface area contributed by atoms with Crippen LogP contribution >= 0.6 is 11.6 Å². The van der Waals surface area contributed by atoms with E-state index in [1.807, 2.05) is 0 Å². The molecule has 3 N–H and O–H groups in total. The number of nitro benzene ring substituents is 1. The van der Waals surface area contributed by atoms with Crippen LogP contribution in [0.4, 0.5) is 16.2 Å². The molecule has 1 aromatic carbocycles. The molecule has 26 heavy (non-hydrogen) atoms. The van der Waals surface area contributed by atoms with Gasteiger partial charge in [-0.05, 0) is 25.0 Å². The summed E-state index contributed by atoms with van der Waals surface area (Å²) in [6.07, 6.45) is 1.25. The van der Waals surface area contributed by atoms with Gasteiger partial charge in [0, 0.05) is 18.3 Å². The number of carbonyl (C=O) groups excluding carboxylic acids is 2. The molecule has 3 amide bonds. The summed E-state index contributed by atoms with van der Waals surface area (Å²) in [4.78, 5) is 39.3. The maximum atomic E-state index is 12.5. The number of nitro groups is 1. The molecule has 0 aliphatic carbocycles. The second-order valence-corrected chi connectivity index (χ2v) is 5.93. The van der Waals surface area contributed by atoms with Crippen LogP contribution in [0.25, 0.3) is 0 Å². The predicted molar refractivity (Wildman–Crippen MR) is 88.6 cm³/mol. The molecule has 1 aliphatic rings. The van der Waals surface area contributed by atoms with Crippen molar-refractivity contribution in [1.29, 1.82) is 0 Å². The van der Waals surface area contributed by atoms with Crippen molar-refractivity contribution < 1.29 is 19.0 Å². The van der Waals surface area contributed by atoms with Crippen LogP contribution < -0.4 is 11.1 Å². The first-order valence-electron chi connectivity index (χ1n) is 7.52. The van der Waals surface area contributed by atoms with Crippen LogP contribution in [0.1, 0.15) is 35.4 Å². The highest BCUT2D eigenvalue weighted by atomic mass is 35.5. The van der Waals surface area contributed by atoms with E-state index in [1.165, 1.54) is 23.1 Å². The Kier molecular flexibility index (Phi) is 4.71. The van der Waals surface area contributed by atoms with E-state index in [9.17, 15) is 19.7 Å². The van der Waals surface area contributed by atoms with Gasteiger partial charge in [0.15, 0.2) is 0 Å². The van der Waals surface area contributed by atoms with Crippen LogP contribution in [0.2, 0.25) is 5.02 Å². The zero-order valence-corrected chi connectivity index (χ0v) is 14.0. The van der Waals surface area contributed by atoms with Crippen LogP contribution in [0.15, 0.2) is 22.7 Å². The molecule has 11 nitrogen and oxygen atoms in total. The van der Waals surface area contributed by atoms with Crippen molar-refractivity contribution in [3.05, 3.63) is 45.1 Å². The first-order valence-corrected chi connectivity index (χ1v) is 7.89. The van der Waals surface area contributed by atoms with Crippen molar-refractivity contribution in [2.75, 3.05) is 11.9 Å². The van der Waals surface area contributed by atoms with Gasteiger partial charge in [0.25, 0.3) is 17.4 Å². The van der Waals surface area contributed by atoms with Crippen LogP contribution in [0.3, 0.4) is 0 Å². The Hall–Kier alpha value is -3.21. The molecule has 136 valence electrons. The van der Waals surface area contributed by atoms with Crippen molar-refractivity contribution in [1.82, 2.24) is 15.0 Å². The van der Waals surface area contributed by atoms with E-state index < -0.39 is 22.9 Å². The van der Waals surface area contributed by atoms with Crippen LogP contribution in [-0.4, -0.2) is 38.4 Å². The summed E-state index contributed by atoms with van der Waals surface area (Å²) >= 11 is 5.76. The second-order valence-electron chi connectivity index (χ2n) is 5.53. The number of nitrogens with one attached hydrogen (secondary N) is 1. The molecule has 0 saturated carbocycles. The smallest absolute Gasteiger partial charge is 0.322 e. The maximum Gasteiger partial charge on any atom is 0.322 e. The third-order valence-corrected chi connectivity index (χ3v) is 4.17. The molecule has 0 spiro atoms. The molecule has 12 heteroatoms. The number of benzene rings is 1. The zero-order chi connectivity index (χ0) is 18.8. The number of amides is 3. The number of nitrogens with two attached hydrogens (primary N) is 1. The van der Waals surface area contributed by atoms with E-state index in [2.05, 4.69) is 15.5 Å². The Morgan fingerprint density at radius 1 is 1.46 bits per heavy atom.